The first-order valence-electron chi connectivity index (χ1n) is 9.21. The van der Waals surface area contributed by atoms with Crippen LogP contribution in [0.15, 0.2) is 30.0 Å². The molecule has 5 nitrogen and oxygen atoms in total. The number of likely N-dealkylation sites (tertiary alicyclic amines) is 1. The molecule has 2 aliphatic rings. The number of allylic oxidation sites excluding steroid dienone is 1. The zero-order valence-corrected chi connectivity index (χ0v) is 16.0. The molecular weight excluding hydrogens is 414 g/mol. The molecule has 1 aromatic carbocycles. The molecular formula is C19H20F6N4O. The lowest BCUT2D eigenvalue weighted by Gasteiger charge is -2.32. The van der Waals surface area contributed by atoms with E-state index in [-0.39, 0.29) is 29.9 Å². The standard InChI is InChI=1S/C19H20F6N4O/c1-28-15(16(26)27-17(28)30)8-11-4-6-29(7-5-11)10-12-2-3-13(18(20,21)22)9-14(12)19(23,24)25/h2-3,8-9,11H,4-7,10H2,1H3,(H2,26,27,30). The average Bonchev–Trinajstić information content (AvgIpc) is 2.88. The predicted octanol–water partition coefficient (Wildman–Crippen LogP) is 4.45. The molecule has 2 heterocycles. The topological polar surface area (TPSA) is 59.4 Å². The fraction of sp³-hybridized carbons (Fsp3) is 0.474. The first-order valence-corrected chi connectivity index (χ1v) is 9.21. The van der Waals surface area contributed by atoms with Gasteiger partial charge >= 0.3 is 18.4 Å². The number of benzene rings is 1. The van der Waals surface area contributed by atoms with Crippen molar-refractivity contribution in [3.05, 3.63) is 46.7 Å². The van der Waals surface area contributed by atoms with E-state index in [0.717, 1.165) is 6.07 Å². The first-order chi connectivity index (χ1) is 13.9. The van der Waals surface area contributed by atoms with Crippen LogP contribution in [-0.4, -0.2) is 41.8 Å². The van der Waals surface area contributed by atoms with Crippen molar-refractivity contribution >= 4 is 11.9 Å². The van der Waals surface area contributed by atoms with E-state index in [1.807, 2.05) is 0 Å². The quantitative estimate of drug-likeness (QED) is 0.691. The van der Waals surface area contributed by atoms with Gasteiger partial charge in [-0.15, -0.1) is 0 Å². The Morgan fingerprint density at radius 2 is 1.77 bits per heavy atom. The van der Waals surface area contributed by atoms with Crippen LogP contribution < -0.4 is 5.32 Å². The van der Waals surface area contributed by atoms with E-state index in [2.05, 4.69) is 5.32 Å². The van der Waals surface area contributed by atoms with Crippen molar-refractivity contribution in [3.8, 4) is 0 Å². The number of nitrogens with one attached hydrogen (secondary N) is 2. The van der Waals surface area contributed by atoms with E-state index in [1.165, 1.54) is 4.90 Å². The number of rotatable bonds is 3. The molecule has 0 spiro atoms. The minimum atomic E-state index is -4.88. The number of nitrogens with zero attached hydrogens (tertiary/aromatic N) is 2. The summed E-state index contributed by atoms with van der Waals surface area (Å²) in [5.41, 5.74) is -2.33. The third-order valence-electron chi connectivity index (χ3n) is 5.32. The summed E-state index contributed by atoms with van der Waals surface area (Å²) in [5, 5.41) is 10.2. The molecule has 1 aromatic rings. The van der Waals surface area contributed by atoms with Crippen molar-refractivity contribution in [1.29, 1.82) is 5.41 Å². The zero-order chi connectivity index (χ0) is 22.3. The maximum atomic E-state index is 13.3. The summed E-state index contributed by atoms with van der Waals surface area (Å²) in [5.74, 6) is 0.0472. The number of likely N-dealkylation sites (N-methyl/N-ethyl adjacent to an activating group) is 1. The Bertz CT molecular complexity index is 869. The minimum absolute atomic E-state index is 0.00417. The molecule has 2 aliphatic heterocycles. The summed E-state index contributed by atoms with van der Waals surface area (Å²) in [6.07, 6.45) is -6.73. The summed E-state index contributed by atoms with van der Waals surface area (Å²) in [6, 6.07) is 1.34. The summed E-state index contributed by atoms with van der Waals surface area (Å²) < 4.78 is 78.4. The smallest absolute Gasteiger partial charge is 0.299 e. The number of carbonyl (C=O) groups is 1. The Morgan fingerprint density at radius 3 is 2.27 bits per heavy atom. The van der Waals surface area contributed by atoms with Crippen LogP contribution in [-0.2, 0) is 18.9 Å². The van der Waals surface area contributed by atoms with Gasteiger partial charge in [0.15, 0.2) is 0 Å². The van der Waals surface area contributed by atoms with Gasteiger partial charge in [0, 0.05) is 13.6 Å². The van der Waals surface area contributed by atoms with Gasteiger partial charge in [0.05, 0.1) is 16.8 Å². The SMILES string of the molecule is CN1C(=O)NC(=N)C1=CC1CCN(Cc2ccc(C(F)(F)F)cc2C(F)(F)F)CC1. The normalized spacial score (nSPS) is 20.9. The molecule has 11 heteroatoms. The van der Waals surface area contributed by atoms with E-state index in [0.29, 0.717) is 37.7 Å². The second-order valence-corrected chi connectivity index (χ2v) is 7.40. The molecule has 0 radical (unpaired) electrons. The predicted molar refractivity (Wildman–Crippen MR) is 96.6 cm³/mol. The maximum Gasteiger partial charge on any atom is 0.416 e. The van der Waals surface area contributed by atoms with Gasteiger partial charge < -0.3 is 0 Å². The number of carbonyl (C=O) groups excluding carboxylic acids is 1. The van der Waals surface area contributed by atoms with Crippen LogP contribution in [0.1, 0.15) is 29.5 Å². The molecule has 0 unspecified atom stereocenters. The van der Waals surface area contributed by atoms with Crippen molar-refractivity contribution in [3.63, 3.8) is 0 Å². The lowest BCUT2D eigenvalue weighted by molar-refractivity contribution is -0.143. The van der Waals surface area contributed by atoms with Gasteiger partial charge in [-0.1, -0.05) is 12.1 Å². The summed E-state index contributed by atoms with van der Waals surface area (Å²) in [4.78, 5) is 14.6. The lowest BCUT2D eigenvalue weighted by atomic mass is 9.94. The van der Waals surface area contributed by atoms with Crippen LogP contribution in [0.3, 0.4) is 0 Å². The number of hydrogen-bond donors (Lipinski definition) is 2. The van der Waals surface area contributed by atoms with Gasteiger partial charge in [-0.25, -0.2) is 4.79 Å². The van der Waals surface area contributed by atoms with E-state index in [1.54, 1.807) is 18.0 Å². The minimum Gasteiger partial charge on any atom is -0.299 e. The summed E-state index contributed by atoms with van der Waals surface area (Å²) in [6.45, 7) is 0.794. The number of alkyl halides is 6. The van der Waals surface area contributed by atoms with Crippen molar-refractivity contribution in [2.45, 2.75) is 31.7 Å². The second kappa shape index (κ2) is 7.93. The lowest BCUT2D eigenvalue weighted by Crippen LogP contribution is -2.34. The number of amides is 2. The first kappa shape index (κ1) is 22.1. The molecule has 2 N–H and O–H groups in total. The Balaban J connectivity index is 1.69. The fourth-order valence-electron chi connectivity index (χ4n) is 3.62. The van der Waals surface area contributed by atoms with Crippen molar-refractivity contribution in [2.24, 2.45) is 5.92 Å². The molecule has 0 aromatic heterocycles. The second-order valence-electron chi connectivity index (χ2n) is 7.40. The zero-order valence-electron chi connectivity index (χ0n) is 16.0. The molecule has 30 heavy (non-hydrogen) atoms. The molecule has 0 bridgehead atoms. The molecule has 0 atom stereocenters. The third-order valence-corrected chi connectivity index (χ3v) is 5.32. The van der Waals surface area contributed by atoms with E-state index < -0.39 is 29.5 Å². The highest BCUT2D eigenvalue weighted by molar-refractivity contribution is 6.12. The Labute approximate surface area is 168 Å². The molecule has 3 rings (SSSR count). The number of piperidine rings is 1. The monoisotopic (exact) mass is 434 g/mol. The van der Waals surface area contributed by atoms with Crippen LogP contribution in [0, 0.1) is 11.3 Å². The van der Waals surface area contributed by atoms with E-state index >= 15 is 0 Å². The Morgan fingerprint density at radius 1 is 1.13 bits per heavy atom. The van der Waals surface area contributed by atoms with Gasteiger partial charge in [-0.05, 0) is 49.5 Å². The van der Waals surface area contributed by atoms with Gasteiger partial charge in [-0.2, -0.15) is 26.3 Å². The molecule has 164 valence electrons. The summed E-state index contributed by atoms with van der Waals surface area (Å²) >= 11 is 0. The maximum absolute atomic E-state index is 13.3. The van der Waals surface area contributed by atoms with Crippen LogP contribution in [0.25, 0.3) is 0 Å². The highest BCUT2D eigenvalue weighted by Crippen LogP contribution is 2.38. The number of urea groups is 1. The average molecular weight is 434 g/mol. The number of amidine groups is 1. The van der Waals surface area contributed by atoms with Crippen LogP contribution in [0.2, 0.25) is 0 Å². The van der Waals surface area contributed by atoms with Gasteiger partial charge in [0.2, 0.25) is 0 Å². The fourth-order valence-corrected chi connectivity index (χ4v) is 3.62. The van der Waals surface area contributed by atoms with Gasteiger partial charge in [0.1, 0.15) is 5.84 Å². The highest BCUT2D eigenvalue weighted by Gasteiger charge is 2.38. The molecule has 0 aliphatic carbocycles. The van der Waals surface area contributed by atoms with Crippen molar-refractivity contribution < 1.29 is 31.1 Å². The van der Waals surface area contributed by atoms with Crippen LogP contribution >= 0.6 is 0 Å². The van der Waals surface area contributed by atoms with E-state index in [4.69, 9.17) is 5.41 Å². The summed E-state index contributed by atoms with van der Waals surface area (Å²) in [7, 11) is 1.54. The van der Waals surface area contributed by atoms with Crippen molar-refractivity contribution in [2.75, 3.05) is 20.1 Å². The number of hydrogen-bond acceptors (Lipinski definition) is 3. The van der Waals surface area contributed by atoms with Crippen LogP contribution in [0.5, 0.6) is 0 Å². The Hall–Kier alpha value is -2.56. The molecule has 2 amide bonds. The largest absolute Gasteiger partial charge is 0.416 e. The Kier molecular flexibility index (Phi) is 5.85. The highest BCUT2D eigenvalue weighted by atomic mass is 19.4. The van der Waals surface area contributed by atoms with E-state index in [9.17, 15) is 31.1 Å². The van der Waals surface area contributed by atoms with Crippen molar-refractivity contribution in [1.82, 2.24) is 15.1 Å². The van der Waals surface area contributed by atoms with Gasteiger partial charge in [0.25, 0.3) is 0 Å². The third kappa shape index (κ3) is 4.77. The molecule has 0 saturated carbocycles. The molecule has 2 fully saturated rings. The van der Waals surface area contributed by atoms with Crippen LogP contribution in [0.4, 0.5) is 31.1 Å². The number of halogens is 6. The molecule has 2 saturated heterocycles. The van der Waals surface area contributed by atoms with Gasteiger partial charge in [-0.3, -0.25) is 20.5 Å².